The second-order valence-electron chi connectivity index (χ2n) is 4.64. The lowest BCUT2D eigenvalue weighted by Crippen LogP contribution is -3.10. The highest BCUT2D eigenvalue weighted by Gasteiger charge is 2.45. The van der Waals surface area contributed by atoms with Gasteiger partial charge in [-0.25, -0.2) is 0 Å². The molecule has 0 radical (unpaired) electrons. The summed E-state index contributed by atoms with van der Waals surface area (Å²) in [5.41, 5.74) is 0.874. The Balaban J connectivity index is 2.35. The van der Waals surface area contributed by atoms with E-state index in [9.17, 15) is 0 Å². The minimum Gasteiger partial charge on any atom is -0.465 e. The number of likely N-dealkylation sites (tertiary alicyclic amines) is 1. The van der Waals surface area contributed by atoms with Crippen molar-refractivity contribution in [3.05, 3.63) is 42.9 Å². The minimum absolute atomic E-state index is 0.0520. The molecule has 1 fully saturated rings. The standard InChI is InChI=1S/C14H21NO2/c1-15-10-9-14(17-3,13(11-15)16-2)12-7-5-4-6-8-12/h4-8,13,15H,1,9-11H2,2-3H3/t13-,14-/m1/s1. The average molecular weight is 235 g/mol. The van der Waals surface area contributed by atoms with Crippen molar-refractivity contribution in [3.8, 4) is 0 Å². The number of rotatable bonds is 3. The van der Waals surface area contributed by atoms with Gasteiger partial charge in [-0.2, -0.15) is 7.05 Å². The Morgan fingerprint density at radius 1 is 1.29 bits per heavy atom. The van der Waals surface area contributed by atoms with E-state index in [1.807, 2.05) is 18.2 Å². The first-order valence-corrected chi connectivity index (χ1v) is 6.03. The number of benzene rings is 1. The average Bonchev–Trinajstić information content (AvgIpc) is 2.40. The molecule has 3 heteroatoms. The molecule has 1 aliphatic rings. The number of piperidine rings is 1. The summed E-state index contributed by atoms with van der Waals surface area (Å²) >= 11 is 0. The third kappa shape index (κ3) is 2.23. The first-order valence-electron chi connectivity index (χ1n) is 6.03. The third-order valence-electron chi connectivity index (χ3n) is 3.76. The van der Waals surface area contributed by atoms with Gasteiger partial charge >= 0.3 is 0 Å². The summed E-state index contributed by atoms with van der Waals surface area (Å²) in [6, 6.07) is 10.3. The molecule has 0 aliphatic carbocycles. The van der Waals surface area contributed by atoms with Gasteiger partial charge in [0.15, 0.2) is 0 Å². The van der Waals surface area contributed by atoms with Crippen LogP contribution in [0, 0.1) is 7.05 Å². The van der Waals surface area contributed by atoms with Crippen LogP contribution in [0.1, 0.15) is 12.0 Å². The van der Waals surface area contributed by atoms with Gasteiger partial charge in [-0.05, 0) is 5.56 Å². The maximum absolute atomic E-state index is 5.85. The maximum Gasteiger partial charge on any atom is 0.137 e. The molecule has 0 saturated carbocycles. The Labute approximate surface area is 103 Å². The molecule has 0 aromatic heterocycles. The molecular weight excluding hydrogens is 214 g/mol. The Bertz CT molecular complexity index is 354. The summed E-state index contributed by atoms with van der Waals surface area (Å²) in [5.74, 6) is 0. The fourth-order valence-electron chi connectivity index (χ4n) is 2.73. The summed E-state index contributed by atoms with van der Waals surface area (Å²) in [6.45, 7) is 1.88. The lowest BCUT2D eigenvalue weighted by Gasteiger charge is -2.45. The van der Waals surface area contributed by atoms with Crippen LogP contribution in [0.2, 0.25) is 0 Å². The van der Waals surface area contributed by atoms with Gasteiger partial charge in [0, 0.05) is 20.6 Å². The van der Waals surface area contributed by atoms with Crippen molar-refractivity contribution >= 4 is 0 Å². The molecule has 1 N–H and O–H groups in total. The van der Waals surface area contributed by atoms with Crippen LogP contribution in [-0.4, -0.2) is 33.4 Å². The number of methoxy groups -OCH3 is 2. The summed E-state index contributed by atoms with van der Waals surface area (Å²) in [7, 11) is 7.59. The zero-order chi connectivity index (χ0) is 12.3. The Kier molecular flexibility index (Phi) is 3.82. The van der Waals surface area contributed by atoms with Crippen molar-refractivity contribution in [2.24, 2.45) is 0 Å². The molecule has 3 atom stereocenters. The van der Waals surface area contributed by atoms with E-state index in [0.717, 1.165) is 19.5 Å². The van der Waals surface area contributed by atoms with Crippen molar-refractivity contribution < 1.29 is 14.4 Å². The SMILES string of the molecule is [CH2-][NH+]1CC[C@@](OC)(c2ccccc2)[C@H](OC)C1. The van der Waals surface area contributed by atoms with Crippen molar-refractivity contribution in [1.29, 1.82) is 0 Å². The molecule has 0 bridgehead atoms. The van der Waals surface area contributed by atoms with Gasteiger partial charge in [0.25, 0.3) is 0 Å². The summed E-state index contributed by atoms with van der Waals surface area (Å²) in [4.78, 5) is 1.25. The molecule has 2 rings (SSSR count). The fourth-order valence-corrected chi connectivity index (χ4v) is 2.73. The highest BCUT2D eigenvalue weighted by atomic mass is 16.5. The van der Waals surface area contributed by atoms with Gasteiger partial charge in [-0.15, -0.1) is 0 Å². The van der Waals surface area contributed by atoms with Crippen molar-refractivity contribution in [2.75, 3.05) is 27.3 Å². The van der Waals surface area contributed by atoms with Gasteiger partial charge < -0.3 is 14.4 Å². The first kappa shape index (κ1) is 12.6. The molecule has 17 heavy (non-hydrogen) atoms. The number of nitrogens with one attached hydrogen (secondary N) is 1. The fraction of sp³-hybridized carbons (Fsp3) is 0.500. The van der Waals surface area contributed by atoms with Crippen LogP contribution in [0.15, 0.2) is 30.3 Å². The smallest absolute Gasteiger partial charge is 0.137 e. The van der Waals surface area contributed by atoms with Crippen molar-refractivity contribution in [1.82, 2.24) is 0 Å². The van der Waals surface area contributed by atoms with E-state index in [4.69, 9.17) is 9.47 Å². The quantitative estimate of drug-likeness (QED) is 0.776. The van der Waals surface area contributed by atoms with Crippen LogP contribution < -0.4 is 4.90 Å². The molecule has 1 unspecified atom stereocenters. The number of hydrogen-bond acceptors (Lipinski definition) is 2. The predicted octanol–water partition coefficient (Wildman–Crippen LogP) is 0.623. The molecule has 3 nitrogen and oxygen atoms in total. The normalized spacial score (nSPS) is 33.6. The summed E-state index contributed by atoms with van der Waals surface area (Å²) in [6.07, 6.45) is 0.987. The van der Waals surface area contributed by atoms with E-state index in [-0.39, 0.29) is 11.7 Å². The monoisotopic (exact) mass is 235 g/mol. The lowest BCUT2D eigenvalue weighted by molar-refractivity contribution is -0.867. The van der Waals surface area contributed by atoms with Crippen LogP contribution in [0.5, 0.6) is 0 Å². The van der Waals surface area contributed by atoms with Gasteiger partial charge in [0.1, 0.15) is 11.7 Å². The van der Waals surface area contributed by atoms with Crippen molar-refractivity contribution in [2.45, 2.75) is 18.1 Å². The Morgan fingerprint density at radius 3 is 2.59 bits per heavy atom. The van der Waals surface area contributed by atoms with Crippen LogP contribution in [0.3, 0.4) is 0 Å². The molecule has 94 valence electrons. The molecular formula is C14H21NO2. The number of ether oxygens (including phenoxy) is 2. The second-order valence-corrected chi connectivity index (χ2v) is 4.64. The minimum atomic E-state index is -0.322. The largest absolute Gasteiger partial charge is 0.465 e. The topological polar surface area (TPSA) is 22.9 Å². The predicted molar refractivity (Wildman–Crippen MR) is 66.6 cm³/mol. The van der Waals surface area contributed by atoms with E-state index < -0.39 is 0 Å². The molecule has 0 spiro atoms. The summed E-state index contributed by atoms with van der Waals surface area (Å²) < 4.78 is 11.5. The van der Waals surface area contributed by atoms with Crippen molar-refractivity contribution in [3.63, 3.8) is 0 Å². The van der Waals surface area contributed by atoms with Gasteiger partial charge in [0.2, 0.25) is 0 Å². The molecule has 1 aromatic rings. The van der Waals surface area contributed by atoms with Crippen LogP contribution in [0.4, 0.5) is 0 Å². The molecule has 1 heterocycles. The Hall–Kier alpha value is -0.900. The van der Waals surface area contributed by atoms with E-state index in [0.29, 0.717) is 0 Å². The molecule has 1 saturated heterocycles. The lowest BCUT2D eigenvalue weighted by atomic mass is 9.82. The molecule has 1 aromatic carbocycles. The van der Waals surface area contributed by atoms with Gasteiger partial charge in [0.05, 0.1) is 13.1 Å². The number of hydrogen-bond donors (Lipinski definition) is 1. The maximum atomic E-state index is 5.85. The van der Waals surface area contributed by atoms with E-state index >= 15 is 0 Å². The zero-order valence-electron chi connectivity index (χ0n) is 10.6. The highest BCUT2D eigenvalue weighted by Crippen LogP contribution is 2.34. The van der Waals surface area contributed by atoms with E-state index in [1.165, 1.54) is 10.5 Å². The van der Waals surface area contributed by atoms with Gasteiger partial charge in [-0.3, -0.25) is 0 Å². The third-order valence-corrected chi connectivity index (χ3v) is 3.76. The molecule has 0 amide bonds. The zero-order valence-corrected chi connectivity index (χ0v) is 10.6. The van der Waals surface area contributed by atoms with E-state index in [2.05, 4.69) is 19.2 Å². The van der Waals surface area contributed by atoms with E-state index in [1.54, 1.807) is 14.2 Å². The van der Waals surface area contributed by atoms with Crippen LogP contribution in [0.25, 0.3) is 0 Å². The highest BCUT2D eigenvalue weighted by molar-refractivity contribution is 5.25. The first-order chi connectivity index (χ1) is 8.23. The van der Waals surface area contributed by atoms with Crippen LogP contribution >= 0.6 is 0 Å². The molecule has 1 aliphatic heterocycles. The second kappa shape index (κ2) is 5.17. The van der Waals surface area contributed by atoms with Gasteiger partial charge in [-0.1, -0.05) is 30.3 Å². The van der Waals surface area contributed by atoms with Crippen LogP contribution in [-0.2, 0) is 15.1 Å². The Morgan fingerprint density at radius 2 is 2.00 bits per heavy atom. The number of quaternary nitrogens is 1. The summed E-state index contributed by atoms with van der Waals surface area (Å²) in [5, 5.41) is 0.